The first-order valence-electron chi connectivity index (χ1n) is 8.63. The summed E-state index contributed by atoms with van der Waals surface area (Å²) in [5.74, 6) is 7.47. The van der Waals surface area contributed by atoms with Gasteiger partial charge in [-0.25, -0.2) is 0 Å². The molecule has 0 spiro atoms. The van der Waals surface area contributed by atoms with Gasteiger partial charge in [-0.05, 0) is 55.5 Å². The Morgan fingerprint density at radius 3 is 2.30 bits per heavy atom. The molecule has 134 valence electrons. The summed E-state index contributed by atoms with van der Waals surface area (Å²) in [7, 11) is 1.59. The highest BCUT2D eigenvalue weighted by atomic mass is 16.5. The largest absolute Gasteiger partial charge is 0.497 e. The van der Waals surface area contributed by atoms with Gasteiger partial charge in [-0.15, -0.1) is 0 Å². The molecule has 0 saturated carbocycles. The van der Waals surface area contributed by atoms with E-state index in [1.54, 1.807) is 31.4 Å². The molecule has 0 bridgehead atoms. The van der Waals surface area contributed by atoms with Gasteiger partial charge in [0.2, 0.25) is 0 Å². The number of hydrogen-bond acceptors (Lipinski definition) is 3. The zero-order chi connectivity index (χ0) is 19.1. The fourth-order valence-electron chi connectivity index (χ4n) is 2.48. The van der Waals surface area contributed by atoms with Gasteiger partial charge < -0.3 is 9.47 Å². The van der Waals surface area contributed by atoms with Crippen molar-refractivity contribution in [3.8, 4) is 23.3 Å². The number of ketones is 1. The molecule has 0 unspecified atom stereocenters. The molecule has 0 heterocycles. The number of carbonyl (C=O) groups excluding carboxylic acids is 1. The van der Waals surface area contributed by atoms with E-state index in [1.807, 2.05) is 55.5 Å². The van der Waals surface area contributed by atoms with E-state index in [0.29, 0.717) is 17.1 Å². The highest BCUT2D eigenvalue weighted by Crippen LogP contribution is 2.18. The fraction of sp³-hybridized carbons (Fsp3) is 0.125. The van der Waals surface area contributed by atoms with Crippen LogP contribution in [-0.2, 0) is 0 Å². The number of para-hydroxylation sites is 1. The van der Waals surface area contributed by atoms with E-state index in [2.05, 4.69) is 11.8 Å². The molecule has 0 amide bonds. The quantitative estimate of drug-likeness (QED) is 0.492. The molecule has 0 radical (unpaired) electrons. The first kappa shape index (κ1) is 18.3. The number of Topliss-reactive ketones (excluding diaryl/α,β-unsaturated/α-hetero) is 1. The summed E-state index contributed by atoms with van der Waals surface area (Å²) < 4.78 is 10.8. The van der Waals surface area contributed by atoms with Crippen molar-refractivity contribution in [2.24, 2.45) is 0 Å². The van der Waals surface area contributed by atoms with Gasteiger partial charge in [-0.3, -0.25) is 4.79 Å². The van der Waals surface area contributed by atoms with Crippen LogP contribution >= 0.6 is 0 Å². The van der Waals surface area contributed by atoms with Crippen LogP contribution in [0.3, 0.4) is 0 Å². The molecule has 3 aromatic carbocycles. The Morgan fingerprint density at radius 1 is 0.889 bits per heavy atom. The summed E-state index contributed by atoms with van der Waals surface area (Å²) in [5, 5.41) is 0. The van der Waals surface area contributed by atoms with Crippen LogP contribution in [0.25, 0.3) is 0 Å². The van der Waals surface area contributed by atoms with E-state index >= 15 is 0 Å². The van der Waals surface area contributed by atoms with Gasteiger partial charge >= 0.3 is 0 Å². The van der Waals surface area contributed by atoms with Gasteiger partial charge in [-0.1, -0.05) is 41.7 Å². The Hall–Kier alpha value is -3.51. The lowest BCUT2D eigenvalue weighted by atomic mass is 10.1. The van der Waals surface area contributed by atoms with E-state index in [9.17, 15) is 4.79 Å². The molecule has 0 aliphatic heterocycles. The predicted molar refractivity (Wildman–Crippen MR) is 106 cm³/mol. The molecule has 3 heteroatoms. The Labute approximate surface area is 159 Å². The molecule has 0 atom stereocenters. The molecule has 3 rings (SSSR count). The summed E-state index contributed by atoms with van der Waals surface area (Å²) in [6.45, 7) is 2.00. The number of carbonyl (C=O) groups is 1. The lowest BCUT2D eigenvalue weighted by Gasteiger charge is -2.08. The molecular formula is C24H20O3. The molecular weight excluding hydrogens is 336 g/mol. The second-order valence-electron chi connectivity index (χ2n) is 6.05. The van der Waals surface area contributed by atoms with Crippen LogP contribution in [0.5, 0.6) is 11.5 Å². The summed E-state index contributed by atoms with van der Waals surface area (Å²) >= 11 is 0. The molecule has 0 saturated heterocycles. The fourth-order valence-corrected chi connectivity index (χ4v) is 2.48. The second kappa shape index (κ2) is 8.73. The summed E-state index contributed by atoms with van der Waals surface area (Å²) in [6, 6.07) is 22.5. The maximum Gasteiger partial charge on any atom is 0.200 e. The van der Waals surface area contributed by atoms with Crippen molar-refractivity contribution in [3.05, 3.63) is 95.1 Å². The van der Waals surface area contributed by atoms with E-state index < -0.39 is 0 Å². The van der Waals surface area contributed by atoms with E-state index in [0.717, 1.165) is 11.1 Å². The Bertz CT molecular complexity index is 975. The zero-order valence-electron chi connectivity index (χ0n) is 15.4. The Balaban J connectivity index is 1.70. The lowest BCUT2D eigenvalue weighted by Crippen LogP contribution is -2.12. The summed E-state index contributed by atoms with van der Waals surface area (Å²) in [4.78, 5) is 12.3. The number of rotatable bonds is 5. The van der Waals surface area contributed by atoms with Crippen molar-refractivity contribution >= 4 is 5.78 Å². The molecule has 0 aliphatic carbocycles. The maximum absolute atomic E-state index is 12.3. The normalized spacial score (nSPS) is 9.85. The van der Waals surface area contributed by atoms with Crippen molar-refractivity contribution in [1.82, 2.24) is 0 Å². The van der Waals surface area contributed by atoms with Crippen molar-refractivity contribution in [2.75, 3.05) is 13.7 Å². The third-order valence-electron chi connectivity index (χ3n) is 4.05. The first-order valence-corrected chi connectivity index (χ1v) is 8.63. The third kappa shape index (κ3) is 4.99. The van der Waals surface area contributed by atoms with Crippen LogP contribution in [0, 0.1) is 18.8 Å². The van der Waals surface area contributed by atoms with Crippen LogP contribution in [0.2, 0.25) is 0 Å². The highest BCUT2D eigenvalue weighted by Gasteiger charge is 2.08. The molecule has 3 nitrogen and oxygen atoms in total. The zero-order valence-corrected chi connectivity index (χ0v) is 15.4. The van der Waals surface area contributed by atoms with Crippen molar-refractivity contribution in [2.45, 2.75) is 6.92 Å². The molecule has 0 aliphatic rings. The molecule has 0 N–H and O–H groups in total. The topological polar surface area (TPSA) is 35.5 Å². The smallest absolute Gasteiger partial charge is 0.200 e. The average Bonchev–Trinajstić information content (AvgIpc) is 2.72. The molecule has 27 heavy (non-hydrogen) atoms. The molecule has 3 aromatic rings. The SMILES string of the molecule is COc1ccc(C(=O)COc2ccccc2C#Cc2ccc(C)cc2)cc1. The van der Waals surface area contributed by atoms with E-state index in [-0.39, 0.29) is 12.4 Å². The van der Waals surface area contributed by atoms with Gasteiger partial charge in [0.05, 0.1) is 12.7 Å². The number of methoxy groups -OCH3 is 1. The first-order chi connectivity index (χ1) is 13.2. The van der Waals surface area contributed by atoms with Gasteiger partial charge in [0.25, 0.3) is 0 Å². The minimum absolute atomic E-state index is 0.0461. The van der Waals surface area contributed by atoms with Crippen LogP contribution in [0.4, 0.5) is 0 Å². The minimum atomic E-state index is -0.0982. The van der Waals surface area contributed by atoms with Crippen LogP contribution in [0.15, 0.2) is 72.8 Å². The monoisotopic (exact) mass is 356 g/mol. The highest BCUT2D eigenvalue weighted by molar-refractivity contribution is 5.97. The molecule has 0 aromatic heterocycles. The van der Waals surface area contributed by atoms with Crippen LogP contribution < -0.4 is 9.47 Å². The second-order valence-corrected chi connectivity index (χ2v) is 6.05. The average molecular weight is 356 g/mol. The maximum atomic E-state index is 12.3. The van der Waals surface area contributed by atoms with Crippen molar-refractivity contribution in [1.29, 1.82) is 0 Å². The summed E-state index contributed by atoms with van der Waals surface area (Å²) in [5.41, 5.74) is 3.46. The van der Waals surface area contributed by atoms with E-state index in [4.69, 9.17) is 9.47 Å². The summed E-state index contributed by atoms with van der Waals surface area (Å²) in [6.07, 6.45) is 0. The third-order valence-corrected chi connectivity index (χ3v) is 4.05. The number of aryl methyl sites for hydroxylation is 1. The Morgan fingerprint density at radius 2 is 1.59 bits per heavy atom. The van der Waals surface area contributed by atoms with Crippen LogP contribution in [0.1, 0.15) is 27.0 Å². The van der Waals surface area contributed by atoms with E-state index in [1.165, 1.54) is 5.56 Å². The number of benzene rings is 3. The molecule has 0 fully saturated rings. The van der Waals surface area contributed by atoms with Gasteiger partial charge in [0, 0.05) is 11.1 Å². The number of hydrogen-bond donors (Lipinski definition) is 0. The Kier molecular flexibility index (Phi) is 5.91. The minimum Gasteiger partial charge on any atom is -0.497 e. The standard InChI is InChI=1S/C24H20O3/c1-18-7-9-19(10-8-18)11-12-21-5-3-4-6-24(21)27-17-23(25)20-13-15-22(26-2)16-14-20/h3-10,13-16H,17H2,1-2H3. The van der Waals surface area contributed by atoms with Crippen LogP contribution in [-0.4, -0.2) is 19.5 Å². The van der Waals surface area contributed by atoms with Gasteiger partial charge in [-0.2, -0.15) is 0 Å². The lowest BCUT2D eigenvalue weighted by molar-refractivity contribution is 0.0921. The van der Waals surface area contributed by atoms with Crippen molar-refractivity contribution in [3.63, 3.8) is 0 Å². The van der Waals surface area contributed by atoms with Crippen molar-refractivity contribution < 1.29 is 14.3 Å². The number of ether oxygens (including phenoxy) is 2. The van der Waals surface area contributed by atoms with Gasteiger partial charge in [0.15, 0.2) is 12.4 Å². The predicted octanol–water partition coefficient (Wildman–Crippen LogP) is 4.67. The van der Waals surface area contributed by atoms with Gasteiger partial charge in [0.1, 0.15) is 11.5 Å².